The number of rotatable bonds is 12. The summed E-state index contributed by atoms with van der Waals surface area (Å²) in [5.41, 5.74) is -0.434. The van der Waals surface area contributed by atoms with E-state index in [1.165, 1.54) is 23.5 Å². The normalized spacial score (nSPS) is 11.8. The monoisotopic (exact) mass is 461 g/mol. The lowest BCUT2D eigenvalue weighted by atomic mass is 9.89. The van der Waals surface area contributed by atoms with Crippen LogP contribution in [-0.2, 0) is 19.6 Å². The molecule has 9 nitrogen and oxygen atoms in total. The molecule has 0 radical (unpaired) electrons. The smallest absolute Gasteiger partial charge is 0.325 e. The van der Waals surface area contributed by atoms with Crippen LogP contribution in [0.15, 0.2) is 29.2 Å². The SMILES string of the molecule is CCOC(=O)CNC(=O)NCCC(C)(C)CN(CS)S(=O)(=O)c1ccc(OC)cc1. The van der Waals surface area contributed by atoms with Crippen molar-refractivity contribution in [3.8, 4) is 5.75 Å². The van der Waals surface area contributed by atoms with Crippen LogP contribution >= 0.6 is 12.6 Å². The molecule has 0 aromatic heterocycles. The van der Waals surface area contributed by atoms with E-state index in [9.17, 15) is 18.0 Å². The van der Waals surface area contributed by atoms with Gasteiger partial charge in [-0.15, -0.1) is 0 Å². The second-order valence-electron chi connectivity index (χ2n) is 7.26. The van der Waals surface area contributed by atoms with Crippen LogP contribution in [0.4, 0.5) is 4.79 Å². The minimum atomic E-state index is -3.72. The topological polar surface area (TPSA) is 114 Å². The average Bonchev–Trinajstić information content (AvgIpc) is 2.70. The summed E-state index contributed by atoms with van der Waals surface area (Å²) in [6, 6.07) is 5.68. The van der Waals surface area contributed by atoms with Gasteiger partial charge in [0.2, 0.25) is 10.0 Å². The molecule has 0 heterocycles. The number of nitrogens with one attached hydrogen (secondary N) is 2. The maximum atomic E-state index is 12.9. The quantitative estimate of drug-likeness (QED) is 0.249. The summed E-state index contributed by atoms with van der Waals surface area (Å²) in [5.74, 6) is 0.0748. The van der Waals surface area contributed by atoms with Gasteiger partial charge < -0.3 is 20.1 Å². The fraction of sp³-hybridized carbons (Fsp3) is 0.579. The van der Waals surface area contributed by atoms with E-state index >= 15 is 0 Å². The number of hydrogen-bond donors (Lipinski definition) is 3. The highest BCUT2D eigenvalue weighted by Crippen LogP contribution is 2.26. The van der Waals surface area contributed by atoms with Crippen molar-refractivity contribution < 1.29 is 27.5 Å². The van der Waals surface area contributed by atoms with Crippen molar-refractivity contribution in [1.82, 2.24) is 14.9 Å². The fourth-order valence-corrected chi connectivity index (χ4v) is 4.61. The van der Waals surface area contributed by atoms with Gasteiger partial charge in [-0.3, -0.25) is 4.79 Å². The summed E-state index contributed by atoms with van der Waals surface area (Å²) in [6.45, 7) is 6.06. The number of carbonyl (C=O) groups excluding carboxylic acids is 2. The van der Waals surface area contributed by atoms with Crippen LogP contribution in [0.5, 0.6) is 5.75 Å². The molecule has 0 saturated heterocycles. The number of carbonyl (C=O) groups is 2. The largest absolute Gasteiger partial charge is 0.497 e. The summed E-state index contributed by atoms with van der Waals surface area (Å²) in [6.07, 6.45) is 0.516. The van der Waals surface area contributed by atoms with Crippen LogP contribution in [0.3, 0.4) is 0 Å². The zero-order chi connectivity index (χ0) is 22.8. The number of benzene rings is 1. The van der Waals surface area contributed by atoms with Crippen molar-refractivity contribution in [2.75, 3.05) is 39.2 Å². The molecule has 0 unspecified atom stereocenters. The number of urea groups is 1. The molecule has 2 amide bonds. The minimum Gasteiger partial charge on any atom is -0.497 e. The Morgan fingerprint density at radius 3 is 2.33 bits per heavy atom. The molecular formula is C19H31N3O6S2. The van der Waals surface area contributed by atoms with Gasteiger partial charge >= 0.3 is 12.0 Å². The zero-order valence-corrected chi connectivity index (χ0v) is 19.5. The van der Waals surface area contributed by atoms with Crippen molar-refractivity contribution in [1.29, 1.82) is 0 Å². The Kier molecular flexibility index (Phi) is 10.4. The maximum absolute atomic E-state index is 12.9. The van der Waals surface area contributed by atoms with Crippen LogP contribution in [0.1, 0.15) is 27.2 Å². The zero-order valence-electron chi connectivity index (χ0n) is 17.8. The molecule has 0 aliphatic rings. The Labute approximate surface area is 184 Å². The van der Waals surface area contributed by atoms with Gasteiger partial charge in [-0.1, -0.05) is 13.8 Å². The van der Waals surface area contributed by atoms with Gasteiger partial charge in [0, 0.05) is 13.1 Å². The lowest BCUT2D eigenvalue weighted by molar-refractivity contribution is -0.141. The van der Waals surface area contributed by atoms with Crippen molar-refractivity contribution in [2.45, 2.75) is 32.1 Å². The molecule has 0 spiro atoms. The maximum Gasteiger partial charge on any atom is 0.325 e. The van der Waals surface area contributed by atoms with Gasteiger partial charge in [-0.25, -0.2) is 13.2 Å². The Hall–Kier alpha value is -1.98. The number of nitrogens with zero attached hydrogens (tertiary/aromatic N) is 1. The molecular weight excluding hydrogens is 430 g/mol. The summed E-state index contributed by atoms with van der Waals surface area (Å²) in [5, 5.41) is 5.06. The first kappa shape index (κ1) is 26.1. The number of sulfonamides is 1. The van der Waals surface area contributed by atoms with Gasteiger partial charge in [-0.2, -0.15) is 16.9 Å². The number of ether oxygens (including phenoxy) is 2. The predicted molar refractivity (Wildman–Crippen MR) is 117 cm³/mol. The molecule has 11 heteroatoms. The van der Waals surface area contributed by atoms with E-state index in [1.54, 1.807) is 19.1 Å². The van der Waals surface area contributed by atoms with Crippen LogP contribution in [-0.4, -0.2) is 64.0 Å². The lowest BCUT2D eigenvalue weighted by Gasteiger charge is -2.31. The van der Waals surface area contributed by atoms with Gasteiger partial charge in [-0.05, 0) is 43.0 Å². The van der Waals surface area contributed by atoms with E-state index in [1.807, 2.05) is 13.8 Å². The molecule has 0 bridgehead atoms. The van der Waals surface area contributed by atoms with E-state index < -0.39 is 27.4 Å². The van der Waals surface area contributed by atoms with Gasteiger partial charge in [0.15, 0.2) is 0 Å². The third-order valence-electron chi connectivity index (χ3n) is 4.25. The highest BCUT2D eigenvalue weighted by Gasteiger charge is 2.30. The van der Waals surface area contributed by atoms with Crippen molar-refractivity contribution in [2.24, 2.45) is 5.41 Å². The highest BCUT2D eigenvalue weighted by atomic mass is 32.2. The molecule has 0 saturated carbocycles. The Balaban J connectivity index is 2.62. The summed E-state index contributed by atoms with van der Waals surface area (Å²) in [7, 11) is -2.21. The van der Waals surface area contributed by atoms with Crippen molar-refractivity contribution >= 4 is 34.7 Å². The molecule has 0 aliphatic carbocycles. The third kappa shape index (κ3) is 8.41. The van der Waals surface area contributed by atoms with E-state index in [2.05, 4.69) is 23.3 Å². The summed E-state index contributed by atoms with van der Waals surface area (Å²) < 4.78 is 37.0. The van der Waals surface area contributed by atoms with Crippen LogP contribution in [0, 0.1) is 5.41 Å². The number of hydrogen-bond acceptors (Lipinski definition) is 7. The first-order chi connectivity index (χ1) is 14.1. The molecule has 170 valence electrons. The summed E-state index contributed by atoms with van der Waals surface area (Å²) >= 11 is 4.20. The van der Waals surface area contributed by atoms with E-state index in [0.717, 1.165) is 0 Å². The molecule has 1 aromatic carbocycles. The molecule has 1 aromatic rings. The molecule has 30 heavy (non-hydrogen) atoms. The molecule has 0 atom stereocenters. The Bertz CT molecular complexity index is 797. The van der Waals surface area contributed by atoms with Crippen molar-refractivity contribution in [3.63, 3.8) is 0 Å². The van der Waals surface area contributed by atoms with Crippen LogP contribution in [0.25, 0.3) is 0 Å². The number of thiol groups is 1. The van der Waals surface area contributed by atoms with Crippen LogP contribution < -0.4 is 15.4 Å². The molecule has 2 N–H and O–H groups in total. The average molecular weight is 462 g/mol. The molecule has 1 rings (SSSR count). The first-order valence-corrected chi connectivity index (χ1v) is 11.6. The number of methoxy groups -OCH3 is 1. The van der Waals surface area contributed by atoms with Gasteiger partial charge in [0.05, 0.1) is 24.5 Å². The van der Waals surface area contributed by atoms with E-state index in [4.69, 9.17) is 9.47 Å². The number of amides is 2. The molecule has 0 aliphatic heterocycles. The van der Waals surface area contributed by atoms with Crippen molar-refractivity contribution in [3.05, 3.63) is 24.3 Å². The third-order valence-corrected chi connectivity index (χ3v) is 6.58. The Morgan fingerprint density at radius 1 is 1.17 bits per heavy atom. The first-order valence-electron chi connectivity index (χ1n) is 9.48. The molecule has 0 fully saturated rings. The fourth-order valence-electron chi connectivity index (χ4n) is 2.61. The van der Waals surface area contributed by atoms with E-state index in [-0.39, 0.29) is 30.5 Å². The minimum absolute atomic E-state index is 0.0191. The second-order valence-corrected chi connectivity index (χ2v) is 9.48. The predicted octanol–water partition coefficient (Wildman–Crippen LogP) is 1.85. The standard InChI is InChI=1S/C19H31N3O6S2/c1-5-28-17(23)12-21-18(24)20-11-10-19(2,3)13-22(14-29)30(25,26)16-8-6-15(27-4)7-9-16/h6-9,29H,5,10-14H2,1-4H3,(H2,20,21,24). The van der Waals surface area contributed by atoms with Gasteiger partial charge in [0.1, 0.15) is 12.3 Å². The lowest BCUT2D eigenvalue weighted by Crippen LogP contribution is -2.42. The highest BCUT2D eigenvalue weighted by molar-refractivity contribution is 7.90. The van der Waals surface area contributed by atoms with Gasteiger partial charge in [0.25, 0.3) is 0 Å². The Morgan fingerprint density at radius 2 is 1.80 bits per heavy atom. The number of esters is 1. The second kappa shape index (κ2) is 12.0. The van der Waals surface area contributed by atoms with E-state index in [0.29, 0.717) is 18.7 Å². The van der Waals surface area contributed by atoms with Crippen LogP contribution in [0.2, 0.25) is 0 Å². The summed E-state index contributed by atoms with van der Waals surface area (Å²) in [4.78, 5) is 23.2.